The maximum absolute atomic E-state index is 11.5. The van der Waals surface area contributed by atoms with Gasteiger partial charge in [-0.15, -0.1) is 0 Å². The molecule has 0 saturated heterocycles. The Bertz CT molecular complexity index is 533. The van der Waals surface area contributed by atoms with Crippen LogP contribution in [0.2, 0.25) is 0 Å². The number of rotatable bonds is 6. The summed E-state index contributed by atoms with van der Waals surface area (Å²) in [5.74, 6) is -1.25. The highest BCUT2D eigenvalue weighted by atomic mass is 16.4. The van der Waals surface area contributed by atoms with Crippen molar-refractivity contribution in [2.45, 2.75) is 13.5 Å². The van der Waals surface area contributed by atoms with E-state index in [1.54, 1.807) is 7.05 Å². The number of pyridine rings is 1. The number of amides is 3. The summed E-state index contributed by atoms with van der Waals surface area (Å²) in [5, 5.41) is 13.8. The molecule has 0 bridgehead atoms. The summed E-state index contributed by atoms with van der Waals surface area (Å²) in [6.07, 6.45) is 1.36. The molecule has 8 heteroatoms. The van der Waals surface area contributed by atoms with Crippen molar-refractivity contribution in [3.8, 4) is 0 Å². The molecule has 0 fully saturated rings. The number of nitrogens with zero attached hydrogens (tertiary/aromatic N) is 2. The predicted molar refractivity (Wildman–Crippen MR) is 74.7 cm³/mol. The van der Waals surface area contributed by atoms with Gasteiger partial charge in [0.25, 0.3) is 0 Å². The van der Waals surface area contributed by atoms with Gasteiger partial charge in [-0.3, -0.25) is 9.78 Å². The number of carboxylic acid groups (broad SMARTS) is 1. The van der Waals surface area contributed by atoms with E-state index in [0.717, 1.165) is 0 Å². The number of hydrogen-bond donors (Lipinski definition) is 3. The monoisotopic (exact) mass is 294 g/mol. The van der Waals surface area contributed by atoms with Gasteiger partial charge in [0.1, 0.15) is 0 Å². The third-order valence-corrected chi connectivity index (χ3v) is 2.79. The molecule has 1 rings (SSSR count). The van der Waals surface area contributed by atoms with Gasteiger partial charge >= 0.3 is 12.0 Å². The molecule has 8 nitrogen and oxygen atoms in total. The lowest BCUT2D eigenvalue weighted by molar-refractivity contribution is -0.128. The van der Waals surface area contributed by atoms with E-state index in [0.29, 0.717) is 12.2 Å². The normalized spacial score (nSPS) is 9.81. The zero-order chi connectivity index (χ0) is 15.8. The molecule has 1 aromatic rings. The molecule has 0 aliphatic rings. The van der Waals surface area contributed by atoms with Crippen molar-refractivity contribution in [3.05, 3.63) is 29.6 Å². The molecule has 0 radical (unpaired) electrons. The summed E-state index contributed by atoms with van der Waals surface area (Å²) < 4.78 is 0. The van der Waals surface area contributed by atoms with Crippen molar-refractivity contribution in [3.63, 3.8) is 0 Å². The Balaban J connectivity index is 2.41. The third kappa shape index (κ3) is 5.47. The molecule has 0 saturated carbocycles. The number of aromatic carboxylic acids is 1. The summed E-state index contributed by atoms with van der Waals surface area (Å²) in [6.45, 7) is 2.37. The maximum atomic E-state index is 11.5. The lowest BCUT2D eigenvalue weighted by Gasteiger charge is -2.14. The number of urea groups is 1. The number of nitrogens with one attached hydrogen (secondary N) is 2. The Morgan fingerprint density at radius 2 is 2.05 bits per heavy atom. The van der Waals surface area contributed by atoms with Crippen molar-refractivity contribution in [2.24, 2.45) is 0 Å². The van der Waals surface area contributed by atoms with Crippen molar-refractivity contribution in [1.82, 2.24) is 20.5 Å². The summed E-state index contributed by atoms with van der Waals surface area (Å²) >= 11 is 0. The fraction of sp³-hybridized carbons (Fsp3) is 0.385. The van der Waals surface area contributed by atoms with Gasteiger partial charge in [0.2, 0.25) is 5.91 Å². The van der Waals surface area contributed by atoms with Gasteiger partial charge < -0.3 is 20.6 Å². The van der Waals surface area contributed by atoms with Gasteiger partial charge in [-0.05, 0) is 19.1 Å². The summed E-state index contributed by atoms with van der Waals surface area (Å²) in [5.41, 5.74) is 0.518. The van der Waals surface area contributed by atoms with Crippen molar-refractivity contribution in [1.29, 1.82) is 0 Å². The van der Waals surface area contributed by atoms with Crippen LogP contribution >= 0.6 is 0 Å². The van der Waals surface area contributed by atoms with E-state index in [4.69, 9.17) is 5.11 Å². The first-order valence-corrected chi connectivity index (χ1v) is 6.38. The van der Waals surface area contributed by atoms with Gasteiger partial charge in [0.15, 0.2) is 0 Å². The van der Waals surface area contributed by atoms with Crippen LogP contribution < -0.4 is 10.6 Å². The molecule has 21 heavy (non-hydrogen) atoms. The van der Waals surface area contributed by atoms with E-state index in [9.17, 15) is 14.4 Å². The zero-order valence-corrected chi connectivity index (χ0v) is 11.9. The number of carbonyl (C=O) groups excluding carboxylic acids is 2. The Hall–Kier alpha value is -2.64. The molecule has 1 heterocycles. The van der Waals surface area contributed by atoms with Crippen molar-refractivity contribution < 1.29 is 19.5 Å². The van der Waals surface area contributed by atoms with Crippen LogP contribution in [0.3, 0.4) is 0 Å². The smallest absolute Gasteiger partial charge is 0.335 e. The maximum Gasteiger partial charge on any atom is 0.335 e. The minimum atomic E-state index is -1.06. The van der Waals surface area contributed by atoms with Crippen LogP contribution in [0.25, 0.3) is 0 Å². The van der Waals surface area contributed by atoms with Crippen molar-refractivity contribution in [2.75, 3.05) is 20.1 Å². The average molecular weight is 294 g/mol. The lowest BCUT2D eigenvalue weighted by Crippen LogP contribution is -2.42. The molecular formula is C13H18N4O4. The standard InChI is InChI=1S/C13H18N4O4/c1-3-17(2)11(18)8-16-13(21)15-7-10-6-9(12(19)20)4-5-14-10/h4-6H,3,7-8H2,1-2H3,(H,19,20)(H2,15,16,21). The molecule has 0 spiro atoms. The summed E-state index contributed by atoms with van der Waals surface area (Å²) in [6, 6.07) is 2.22. The average Bonchev–Trinajstić information content (AvgIpc) is 2.49. The Labute approximate surface area is 122 Å². The van der Waals surface area contributed by atoms with Gasteiger partial charge in [0, 0.05) is 19.8 Å². The van der Waals surface area contributed by atoms with Crippen LogP contribution in [0.1, 0.15) is 23.0 Å². The number of likely N-dealkylation sites (N-methyl/N-ethyl adjacent to an activating group) is 1. The SMILES string of the molecule is CCN(C)C(=O)CNC(=O)NCc1cc(C(=O)O)ccn1. The van der Waals surface area contributed by atoms with Crippen LogP contribution in [-0.2, 0) is 11.3 Å². The number of carbonyl (C=O) groups is 3. The van der Waals surface area contributed by atoms with Crippen LogP contribution in [-0.4, -0.2) is 53.0 Å². The van der Waals surface area contributed by atoms with E-state index in [1.807, 2.05) is 6.92 Å². The second kappa shape index (κ2) is 7.83. The molecular weight excluding hydrogens is 276 g/mol. The zero-order valence-electron chi connectivity index (χ0n) is 11.9. The largest absolute Gasteiger partial charge is 0.478 e. The predicted octanol–water partition coefficient (Wildman–Crippen LogP) is 0.0573. The van der Waals surface area contributed by atoms with Crippen LogP contribution in [0.15, 0.2) is 18.3 Å². The molecule has 0 aliphatic heterocycles. The Morgan fingerprint density at radius 1 is 1.33 bits per heavy atom. The number of hydrogen-bond acceptors (Lipinski definition) is 4. The highest BCUT2D eigenvalue weighted by molar-refractivity contribution is 5.87. The van der Waals surface area contributed by atoms with Crippen molar-refractivity contribution >= 4 is 17.9 Å². The molecule has 114 valence electrons. The molecule has 0 aliphatic carbocycles. The Morgan fingerprint density at radius 3 is 2.67 bits per heavy atom. The minimum absolute atomic E-state index is 0.0742. The van der Waals surface area contributed by atoms with Gasteiger partial charge in [0.05, 0.1) is 24.3 Å². The topological polar surface area (TPSA) is 112 Å². The van der Waals surface area contributed by atoms with E-state index < -0.39 is 12.0 Å². The van der Waals surface area contributed by atoms with Gasteiger partial charge in [-0.1, -0.05) is 0 Å². The van der Waals surface area contributed by atoms with Gasteiger partial charge in [-0.2, -0.15) is 0 Å². The highest BCUT2D eigenvalue weighted by Gasteiger charge is 2.09. The second-order valence-corrected chi connectivity index (χ2v) is 4.29. The Kier molecular flexibility index (Phi) is 6.12. The quantitative estimate of drug-likeness (QED) is 0.686. The second-order valence-electron chi connectivity index (χ2n) is 4.29. The molecule has 0 unspecified atom stereocenters. The first kappa shape index (κ1) is 16.4. The minimum Gasteiger partial charge on any atom is -0.478 e. The first-order valence-electron chi connectivity index (χ1n) is 6.38. The molecule has 0 atom stereocenters. The van der Waals surface area contributed by atoms with E-state index in [2.05, 4.69) is 15.6 Å². The fourth-order valence-electron chi connectivity index (χ4n) is 1.41. The number of carboxylic acids is 1. The van der Waals surface area contributed by atoms with Gasteiger partial charge in [-0.25, -0.2) is 9.59 Å². The summed E-state index contributed by atoms with van der Waals surface area (Å²) in [7, 11) is 1.64. The molecule has 0 aromatic carbocycles. The highest BCUT2D eigenvalue weighted by Crippen LogP contribution is 2.01. The van der Waals surface area contributed by atoms with E-state index >= 15 is 0 Å². The number of aromatic nitrogens is 1. The third-order valence-electron chi connectivity index (χ3n) is 2.79. The summed E-state index contributed by atoms with van der Waals surface area (Å²) in [4.78, 5) is 39.2. The molecule has 1 aromatic heterocycles. The lowest BCUT2D eigenvalue weighted by atomic mass is 10.2. The van der Waals surface area contributed by atoms with E-state index in [1.165, 1.54) is 23.2 Å². The van der Waals surface area contributed by atoms with Crippen LogP contribution in [0, 0.1) is 0 Å². The molecule has 3 N–H and O–H groups in total. The van der Waals surface area contributed by atoms with Crippen LogP contribution in [0.4, 0.5) is 4.79 Å². The van der Waals surface area contributed by atoms with Crippen LogP contribution in [0.5, 0.6) is 0 Å². The molecule has 3 amide bonds. The first-order chi connectivity index (χ1) is 9.93. The fourth-order valence-corrected chi connectivity index (χ4v) is 1.41. The van der Waals surface area contributed by atoms with E-state index in [-0.39, 0.29) is 24.6 Å².